The molecule has 3 nitrogen and oxygen atoms in total. The van der Waals surface area contributed by atoms with Crippen molar-refractivity contribution in [1.82, 2.24) is 0 Å². The zero-order chi connectivity index (χ0) is 46.9. The van der Waals surface area contributed by atoms with Crippen molar-refractivity contribution in [3.63, 3.8) is 0 Å². The summed E-state index contributed by atoms with van der Waals surface area (Å²) in [5, 5.41) is 2.21. The summed E-state index contributed by atoms with van der Waals surface area (Å²) in [6.07, 6.45) is 0. The molecule has 0 fully saturated rings. The van der Waals surface area contributed by atoms with Crippen LogP contribution in [0.5, 0.6) is 0 Å². The van der Waals surface area contributed by atoms with Gasteiger partial charge in [0.2, 0.25) is 0 Å². The largest absolute Gasteiger partial charge is 0.456 e. The van der Waals surface area contributed by atoms with Gasteiger partial charge in [-0.05, 0) is 123 Å². The van der Waals surface area contributed by atoms with Crippen LogP contribution in [0, 0.1) is 0 Å². The van der Waals surface area contributed by atoms with Gasteiger partial charge in [-0.15, -0.1) is 0 Å². The molecule has 0 amide bonds. The molecule has 0 saturated carbocycles. The van der Waals surface area contributed by atoms with E-state index in [0.717, 1.165) is 56.1 Å². The molecule has 0 radical (unpaired) electrons. The van der Waals surface area contributed by atoms with Crippen molar-refractivity contribution in [3.05, 3.63) is 324 Å². The second-order valence-electron chi connectivity index (χ2n) is 18.7. The molecule has 0 unspecified atom stereocenters. The van der Waals surface area contributed by atoms with Gasteiger partial charge in [-0.1, -0.05) is 200 Å². The molecule has 12 aromatic rings. The van der Waals surface area contributed by atoms with Crippen LogP contribution in [0.3, 0.4) is 0 Å². The first kappa shape index (κ1) is 40.8. The second-order valence-corrected chi connectivity index (χ2v) is 18.7. The standard InChI is InChI=1S/C68H46N2O/c1-5-22-47(23-6-1)67(48-24-7-2-8-25-48)58-33-16-18-35-60(58)68(61-36-19-17-34-59(61)67)57-32-15-13-31-56(57)66-62(68)37-21-38-63(66)70(53-44-45-55-54-30-14-20-39-64(54)71-65(55)46-53)52-42-40-51(41-43-52)69(49-26-9-3-10-27-49)50-28-11-4-12-29-50/h1-46H. The van der Waals surface area contributed by atoms with Gasteiger partial charge in [0, 0.05) is 50.8 Å². The van der Waals surface area contributed by atoms with Gasteiger partial charge in [0.25, 0.3) is 0 Å². The Balaban J connectivity index is 1.03. The molecule has 0 aliphatic heterocycles. The van der Waals surface area contributed by atoms with Crippen molar-refractivity contribution in [2.45, 2.75) is 10.8 Å². The Hall–Kier alpha value is -9.18. The lowest BCUT2D eigenvalue weighted by Crippen LogP contribution is -2.44. The van der Waals surface area contributed by atoms with E-state index in [2.05, 4.69) is 283 Å². The maximum Gasteiger partial charge on any atom is 0.137 e. The van der Waals surface area contributed by atoms with Gasteiger partial charge >= 0.3 is 0 Å². The fourth-order valence-electron chi connectivity index (χ4n) is 12.4. The first-order valence-corrected chi connectivity index (χ1v) is 24.5. The molecular weight excluding hydrogens is 861 g/mol. The van der Waals surface area contributed by atoms with Crippen LogP contribution in [0.25, 0.3) is 33.1 Å². The average Bonchev–Trinajstić information content (AvgIpc) is 3.97. The minimum Gasteiger partial charge on any atom is -0.456 e. The number of hydrogen-bond donors (Lipinski definition) is 0. The van der Waals surface area contributed by atoms with E-state index in [1.165, 1.54) is 55.6 Å². The first-order chi connectivity index (χ1) is 35.2. The van der Waals surface area contributed by atoms with Crippen LogP contribution in [0.4, 0.5) is 34.1 Å². The SMILES string of the molecule is c1ccc(N(c2ccccc2)c2ccc(N(c3ccc4c(c3)oc3ccccc34)c3cccc4c3-c3ccccc3C43c4ccccc4C(c4ccccc4)(c4ccccc4)c4ccccc43)cc2)cc1. The number of furan rings is 1. The molecule has 0 saturated heterocycles. The second kappa shape index (κ2) is 16.2. The van der Waals surface area contributed by atoms with E-state index in [1.807, 2.05) is 6.07 Å². The molecule has 1 aromatic heterocycles. The van der Waals surface area contributed by atoms with Crippen LogP contribution < -0.4 is 9.80 Å². The first-order valence-electron chi connectivity index (χ1n) is 24.5. The van der Waals surface area contributed by atoms with E-state index in [1.54, 1.807) is 0 Å². The zero-order valence-electron chi connectivity index (χ0n) is 38.9. The van der Waals surface area contributed by atoms with Crippen LogP contribution in [-0.2, 0) is 10.8 Å². The number of fused-ring (bicyclic) bond motifs is 12. The molecule has 334 valence electrons. The van der Waals surface area contributed by atoms with Crippen molar-refractivity contribution in [1.29, 1.82) is 0 Å². The lowest BCUT2D eigenvalue weighted by molar-refractivity contribution is 0.623. The molecule has 3 heteroatoms. The molecule has 2 aliphatic rings. The Labute approximate surface area is 413 Å². The Morgan fingerprint density at radius 3 is 1.28 bits per heavy atom. The smallest absolute Gasteiger partial charge is 0.137 e. The van der Waals surface area contributed by atoms with Crippen molar-refractivity contribution < 1.29 is 4.42 Å². The summed E-state index contributed by atoms with van der Waals surface area (Å²) in [6.45, 7) is 0. The van der Waals surface area contributed by atoms with Crippen molar-refractivity contribution in [2.75, 3.05) is 9.80 Å². The highest BCUT2D eigenvalue weighted by molar-refractivity contribution is 6.07. The highest BCUT2D eigenvalue weighted by Crippen LogP contribution is 2.66. The molecular formula is C68H46N2O. The monoisotopic (exact) mass is 906 g/mol. The number of rotatable bonds is 8. The number of hydrogen-bond acceptors (Lipinski definition) is 3. The number of para-hydroxylation sites is 3. The van der Waals surface area contributed by atoms with E-state index in [4.69, 9.17) is 4.42 Å². The summed E-state index contributed by atoms with van der Waals surface area (Å²) in [5.74, 6) is 0. The molecule has 11 aromatic carbocycles. The molecule has 1 heterocycles. The van der Waals surface area contributed by atoms with E-state index in [9.17, 15) is 0 Å². The number of nitrogens with zero attached hydrogens (tertiary/aromatic N) is 2. The maximum atomic E-state index is 6.64. The van der Waals surface area contributed by atoms with Gasteiger partial charge in [0.1, 0.15) is 11.2 Å². The molecule has 0 atom stereocenters. The van der Waals surface area contributed by atoms with E-state index in [0.29, 0.717) is 0 Å². The van der Waals surface area contributed by atoms with E-state index < -0.39 is 10.8 Å². The summed E-state index contributed by atoms with van der Waals surface area (Å²) in [6, 6.07) is 102. The van der Waals surface area contributed by atoms with Crippen LogP contribution in [0.2, 0.25) is 0 Å². The number of benzene rings is 11. The molecule has 14 rings (SSSR count). The van der Waals surface area contributed by atoms with Crippen LogP contribution in [0.15, 0.2) is 283 Å². The third-order valence-corrected chi connectivity index (χ3v) is 15.2. The summed E-state index contributed by atoms with van der Waals surface area (Å²) in [5.41, 5.74) is 19.5. The summed E-state index contributed by atoms with van der Waals surface area (Å²) in [4.78, 5) is 4.76. The minimum atomic E-state index is -0.647. The zero-order valence-corrected chi connectivity index (χ0v) is 38.9. The van der Waals surface area contributed by atoms with E-state index >= 15 is 0 Å². The topological polar surface area (TPSA) is 19.6 Å². The Morgan fingerprint density at radius 2 is 0.690 bits per heavy atom. The minimum absolute atomic E-state index is 0.584. The molecule has 0 bridgehead atoms. The molecule has 2 aliphatic carbocycles. The fourth-order valence-corrected chi connectivity index (χ4v) is 12.4. The van der Waals surface area contributed by atoms with Gasteiger partial charge in [-0.25, -0.2) is 0 Å². The lowest BCUT2D eigenvalue weighted by Gasteiger charge is -2.50. The average molecular weight is 907 g/mol. The molecule has 1 spiro atoms. The van der Waals surface area contributed by atoms with Gasteiger partial charge in [0.05, 0.1) is 16.5 Å². The predicted octanol–water partition coefficient (Wildman–Crippen LogP) is 17.6. The quantitative estimate of drug-likeness (QED) is 0.151. The Bertz CT molecular complexity index is 3810. The van der Waals surface area contributed by atoms with Crippen LogP contribution in [0.1, 0.15) is 44.5 Å². The third-order valence-electron chi connectivity index (χ3n) is 15.2. The van der Waals surface area contributed by atoms with Crippen molar-refractivity contribution in [2.24, 2.45) is 0 Å². The maximum absolute atomic E-state index is 6.64. The molecule has 0 N–H and O–H groups in total. The van der Waals surface area contributed by atoms with Crippen LogP contribution >= 0.6 is 0 Å². The van der Waals surface area contributed by atoms with Gasteiger partial charge < -0.3 is 14.2 Å². The lowest BCUT2D eigenvalue weighted by atomic mass is 9.51. The summed E-state index contributed by atoms with van der Waals surface area (Å²) in [7, 11) is 0. The van der Waals surface area contributed by atoms with E-state index in [-0.39, 0.29) is 0 Å². The fraction of sp³-hybridized carbons (Fsp3) is 0.0294. The highest BCUT2D eigenvalue weighted by atomic mass is 16.3. The van der Waals surface area contributed by atoms with Crippen LogP contribution in [-0.4, -0.2) is 0 Å². The summed E-state index contributed by atoms with van der Waals surface area (Å²) >= 11 is 0. The van der Waals surface area contributed by atoms with Crippen molar-refractivity contribution >= 4 is 56.1 Å². The summed E-state index contributed by atoms with van der Waals surface area (Å²) < 4.78 is 6.64. The number of anilines is 6. The third kappa shape index (κ3) is 5.97. The Morgan fingerprint density at radius 1 is 0.268 bits per heavy atom. The van der Waals surface area contributed by atoms with Gasteiger partial charge in [0.15, 0.2) is 0 Å². The predicted molar refractivity (Wildman–Crippen MR) is 292 cm³/mol. The van der Waals surface area contributed by atoms with Crippen molar-refractivity contribution in [3.8, 4) is 11.1 Å². The van der Waals surface area contributed by atoms with Gasteiger partial charge in [-0.3, -0.25) is 0 Å². The Kier molecular flexibility index (Phi) is 9.33. The molecule has 71 heavy (non-hydrogen) atoms. The highest BCUT2D eigenvalue weighted by Gasteiger charge is 2.57. The normalized spacial score (nSPS) is 13.6. The van der Waals surface area contributed by atoms with Gasteiger partial charge in [-0.2, -0.15) is 0 Å².